The molecule has 0 radical (unpaired) electrons. The molecular weight excluding hydrogens is 411 g/mol. The average Bonchev–Trinajstić information content (AvgIpc) is 3.22. The van der Waals surface area contributed by atoms with Crippen LogP contribution in [-0.2, 0) is 4.79 Å². The summed E-state index contributed by atoms with van der Waals surface area (Å²) in [5.41, 5.74) is 2.47. The van der Waals surface area contributed by atoms with Gasteiger partial charge in [0.2, 0.25) is 5.91 Å². The molecule has 0 aliphatic heterocycles. The van der Waals surface area contributed by atoms with E-state index < -0.39 is 5.25 Å². The molecule has 0 aliphatic carbocycles. The summed E-state index contributed by atoms with van der Waals surface area (Å²) >= 11 is 1.32. The van der Waals surface area contributed by atoms with Gasteiger partial charge in [-0.15, -0.1) is 10.2 Å². The van der Waals surface area contributed by atoms with Gasteiger partial charge in [-0.25, -0.2) is 4.39 Å². The highest BCUT2D eigenvalue weighted by molar-refractivity contribution is 8.00. The predicted molar refractivity (Wildman–Crippen MR) is 120 cm³/mol. The topological polar surface area (TPSA) is 51.0 Å². The van der Waals surface area contributed by atoms with E-state index >= 15 is 0 Å². The molecule has 1 amide bonds. The third-order valence-electron chi connectivity index (χ3n) is 4.74. The van der Waals surface area contributed by atoms with Crippen molar-refractivity contribution in [1.29, 1.82) is 0 Å². The highest BCUT2D eigenvalue weighted by atomic mass is 32.2. The lowest BCUT2D eigenvalue weighted by Gasteiger charge is -2.20. The molecule has 0 aliphatic rings. The smallest absolute Gasteiger partial charge is 0.240 e. The normalized spacial score (nSPS) is 11.8. The highest BCUT2D eigenvalue weighted by Gasteiger charge is 2.27. The Labute approximate surface area is 184 Å². The summed E-state index contributed by atoms with van der Waals surface area (Å²) in [5.74, 6) is 0.252. The number of aromatic nitrogens is 3. The minimum atomic E-state index is -0.497. The van der Waals surface area contributed by atoms with Crippen molar-refractivity contribution in [3.05, 3.63) is 96.3 Å². The molecule has 1 atom stereocenters. The van der Waals surface area contributed by atoms with Gasteiger partial charge in [-0.3, -0.25) is 9.36 Å². The lowest BCUT2D eigenvalue weighted by atomic mass is 10.1. The van der Waals surface area contributed by atoms with E-state index in [2.05, 4.69) is 10.2 Å². The minimum absolute atomic E-state index is 0.0499. The van der Waals surface area contributed by atoms with Gasteiger partial charge >= 0.3 is 0 Å². The quantitative estimate of drug-likeness (QED) is 0.403. The molecule has 7 heteroatoms. The molecule has 3 aromatic carbocycles. The van der Waals surface area contributed by atoms with Gasteiger partial charge in [0.15, 0.2) is 11.0 Å². The van der Waals surface area contributed by atoms with Crippen LogP contribution in [0.5, 0.6) is 0 Å². The summed E-state index contributed by atoms with van der Waals surface area (Å²) in [6.07, 6.45) is 0. The van der Waals surface area contributed by atoms with Crippen LogP contribution in [0, 0.1) is 5.82 Å². The van der Waals surface area contributed by atoms with Crippen LogP contribution in [0.3, 0.4) is 0 Å². The molecule has 5 nitrogen and oxygen atoms in total. The first-order chi connectivity index (χ1) is 15.0. The number of benzene rings is 3. The summed E-state index contributed by atoms with van der Waals surface area (Å²) in [6.45, 7) is 0. The van der Waals surface area contributed by atoms with E-state index in [0.717, 1.165) is 16.8 Å². The van der Waals surface area contributed by atoms with E-state index in [9.17, 15) is 9.18 Å². The second-order valence-electron chi connectivity index (χ2n) is 7.13. The third-order valence-corrected chi connectivity index (χ3v) is 5.93. The maximum absolute atomic E-state index is 13.6. The molecule has 0 saturated carbocycles. The number of carbonyl (C=O) groups is 1. The summed E-state index contributed by atoms with van der Waals surface area (Å²) in [4.78, 5) is 14.6. The zero-order valence-electron chi connectivity index (χ0n) is 17.1. The fraction of sp³-hybridized carbons (Fsp3) is 0.125. The van der Waals surface area contributed by atoms with E-state index in [1.807, 2.05) is 65.2 Å². The molecule has 31 heavy (non-hydrogen) atoms. The van der Waals surface area contributed by atoms with Crippen molar-refractivity contribution in [3.8, 4) is 17.1 Å². The molecule has 0 saturated heterocycles. The van der Waals surface area contributed by atoms with Crippen LogP contribution in [0.4, 0.5) is 4.39 Å². The maximum atomic E-state index is 13.6. The Morgan fingerprint density at radius 2 is 1.52 bits per heavy atom. The van der Waals surface area contributed by atoms with Gasteiger partial charge in [0.25, 0.3) is 0 Å². The van der Waals surface area contributed by atoms with Crippen molar-refractivity contribution in [2.45, 2.75) is 10.4 Å². The summed E-state index contributed by atoms with van der Waals surface area (Å²) in [6, 6.07) is 25.4. The maximum Gasteiger partial charge on any atom is 0.240 e. The number of hydrogen-bond acceptors (Lipinski definition) is 4. The Bertz CT molecular complexity index is 1160. The van der Waals surface area contributed by atoms with E-state index in [1.54, 1.807) is 31.1 Å². The van der Waals surface area contributed by atoms with Gasteiger partial charge in [-0.1, -0.05) is 72.4 Å². The summed E-state index contributed by atoms with van der Waals surface area (Å²) < 4.78 is 15.4. The van der Waals surface area contributed by atoms with Gasteiger partial charge in [-0.2, -0.15) is 0 Å². The van der Waals surface area contributed by atoms with E-state index in [-0.39, 0.29) is 11.7 Å². The number of likely N-dealkylation sites (N-methyl/N-ethyl adjacent to an activating group) is 1. The number of thioether (sulfide) groups is 1. The Balaban J connectivity index is 1.83. The van der Waals surface area contributed by atoms with Crippen LogP contribution in [0.25, 0.3) is 17.1 Å². The van der Waals surface area contributed by atoms with Gasteiger partial charge in [-0.05, 0) is 29.8 Å². The van der Waals surface area contributed by atoms with Crippen molar-refractivity contribution in [2.75, 3.05) is 14.1 Å². The Morgan fingerprint density at radius 1 is 0.903 bits per heavy atom. The Kier molecular flexibility index (Phi) is 6.13. The number of rotatable bonds is 6. The van der Waals surface area contributed by atoms with Crippen LogP contribution >= 0.6 is 11.8 Å². The second kappa shape index (κ2) is 9.14. The highest BCUT2D eigenvalue weighted by Crippen LogP contribution is 2.38. The second-order valence-corrected chi connectivity index (χ2v) is 8.20. The molecule has 4 rings (SSSR count). The Morgan fingerprint density at radius 3 is 2.13 bits per heavy atom. The van der Waals surface area contributed by atoms with Crippen molar-refractivity contribution in [1.82, 2.24) is 19.7 Å². The number of halogens is 1. The fourth-order valence-corrected chi connectivity index (χ4v) is 4.37. The number of amides is 1. The first kappa shape index (κ1) is 20.8. The summed E-state index contributed by atoms with van der Waals surface area (Å²) in [5, 5.41) is 8.87. The molecule has 4 aromatic rings. The van der Waals surface area contributed by atoms with Crippen LogP contribution in [0.15, 0.2) is 90.1 Å². The van der Waals surface area contributed by atoms with Gasteiger partial charge in [0.1, 0.15) is 11.1 Å². The van der Waals surface area contributed by atoms with Crippen molar-refractivity contribution in [3.63, 3.8) is 0 Å². The predicted octanol–water partition coefficient (Wildman–Crippen LogP) is 5.00. The lowest BCUT2D eigenvalue weighted by molar-refractivity contribution is -0.128. The zero-order valence-corrected chi connectivity index (χ0v) is 18.0. The minimum Gasteiger partial charge on any atom is -0.348 e. The SMILES string of the molecule is CN(C)C(=O)[C@@H](Sc1nnc(-c2ccccc2)n1-c1ccc(F)cc1)c1ccccc1. The van der Waals surface area contributed by atoms with Crippen LogP contribution in [-0.4, -0.2) is 39.7 Å². The number of carbonyl (C=O) groups excluding carboxylic acids is 1. The zero-order chi connectivity index (χ0) is 21.8. The van der Waals surface area contributed by atoms with Crippen LogP contribution in [0.2, 0.25) is 0 Å². The molecule has 156 valence electrons. The monoisotopic (exact) mass is 432 g/mol. The standard InChI is InChI=1S/C24H21FN4OS/c1-28(2)23(30)21(17-9-5-3-6-10-17)31-24-27-26-22(18-11-7-4-8-12-18)29(24)20-15-13-19(25)14-16-20/h3-16,21H,1-2H3/t21-/m0/s1. The molecule has 0 fully saturated rings. The molecule has 0 N–H and O–H groups in total. The van der Waals surface area contributed by atoms with Gasteiger partial charge in [0.05, 0.1) is 0 Å². The molecule has 1 aromatic heterocycles. The molecule has 1 heterocycles. The van der Waals surface area contributed by atoms with Crippen molar-refractivity contribution < 1.29 is 9.18 Å². The summed E-state index contributed by atoms with van der Waals surface area (Å²) in [7, 11) is 3.47. The average molecular weight is 433 g/mol. The third kappa shape index (κ3) is 4.51. The first-order valence-electron chi connectivity index (χ1n) is 9.74. The van der Waals surface area contributed by atoms with E-state index in [1.165, 1.54) is 23.9 Å². The number of hydrogen-bond donors (Lipinski definition) is 0. The van der Waals surface area contributed by atoms with Crippen molar-refractivity contribution >= 4 is 17.7 Å². The number of nitrogens with zero attached hydrogens (tertiary/aromatic N) is 4. The molecular formula is C24H21FN4OS. The van der Waals surface area contributed by atoms with Gasteiger partial charge < -0.3 is 4.90 Å². The fourth-order valence-electron chi connectivity index (χ4n) is 3.17. The molecule has 0 bridgehead atoms. The van der Waals surface area contributed by atoms with Gasteiger partial charge in [0, 0.05) is 25.3 Å². The van der Waals surface area contributed by atoms with Crippen molar-refractivity contribution in [2.24, 2.45) is 0 Å². The largest absolute Gasteiger partial charge is 0.348 e. The van der Waals surface area contributed by atoms with Crippen LogP contribution in [0.1, 0.15) is 10.8 Å². The molecule has 0 unspecified atom stereocenters. The van der Waals surface area contributed by atoms with Crippen LogP contribution < -0.4 is 0 Å². The lowest BCUT2D eigenvalue weighted by Crippen LogP contribution is -2.27. The first-order valence-corrected chi connectivity index (χ1v) is 10.6. The molecule has 0 spiro atoms. The Hall–Kier alpha value is -3.45. The van der Waals surface area contributed by atoms with E-state index in [4.69, 9.17) is 0 Å². The van der Waals surface area contributed by atoms with E-state index in [0.29, 0.717) is 11.0 Å².